The fraction of sp³-hybridized carbons (Fsp3) is 1.00. The Morgan fingerprint density at radius 1 is 0.261 bits per heavy atom. The summed E-state index contributed by atoms with van der Waals surface area (Å²) >= 11 is 0. The highest BCUT2D eigenvalue weighted by atomic mass is 14.3. The number of hydrogen-bond acceptors (Lipinski definition) is 0. The van der Waals surface area contributed by atoms with Crippen molar-refractivity contribution < 1.29 is 0 Å². The molecule has 0 aromatic heterocycles. The van der Waals surface area contributed by atoms with E-state index in [0.717, 1.165) is 35.5 Å². The van der Waals surface area contributed by atoms with E-state index in [1.807, 2.05) is 55.4 Å². The largest absolute Gasteiger partial charge is 0.0683 e. The first kappa shape index (κ1) is 58.2. The number of rotatable bonds is 6. The van der Waals surface area contributed by atoms with Gasteiger partial charge >= 0.3 is 0 Å². The summed E-state index contributed by atoms with van der Waals surface area (Å²) in [6, 6.07) is 0. The summed E-state index contributed by atoms with van der Waals surface area (Å²) < 4.78 is 0. The molecule has 0 aliphatic heterocycles. The number of hydrogen-bond donors (Lipinski definition) is 0. The maximum Gasteiger partial charge on any atom is -0.0414 e. The monoisotopic (exact) mass is 657 g/mol. The molecule has 0 heteroatoms. The van der Waals surface area contributed by atoms with Gasteiger partial charge in [0.25, 0.3) is 0 Å². The van der Waals surface area contributed by atoms with Gasteiger partial charge in [0.1, 0.15) is 0 Å². The van der Waals surface area contributed by atoms with Gasteiger partial charge in [0.05, 0.1) is 0 Å². The van der Waals surface area contributed by atoms with Crippen molar-refractivity contribution in [3.05, 3.63) is 0 Å². The molecule has 0 heterocycles. The summed E-state index contributed by atoms with van der Waals surface area (Å²) in [5.41, 5.74) is 0. The van der Waals surface area contributed by atoms with Crippen LogP contribution in [0, 0.1) is 35.5 Å². The van der Waals surface area contributed by atoms with E-state index in [9.17, 15) is 0 Å². The Kier molecular flexibility index (Phi) is 68.9. The molecule has 4 aliphatic carbocycles. The fourth-order valence-electron chi connectivity index (χ4n) is 6.64. The topological polar surface area (TPSA) is 0 Å². The van der Waals surface area contributed by atoms with Crippen LogP contribution in [0.4, 0.5) is 0 Å². The average molecular weight is 657 g/mol. The van der Waals surface area contributed by atoms with Gasteiger partial charge in [-0.15, -0.1) is 0 Å². The van der Waals surface area contributed by atoms with Crippen LogP contribution in [0.2, 0.25) is 0 Å². The Hall–Kier alpha value is 0. The molecule has 288 valence electrons. The maximum atomic E-state index is 2.32. The Balaban J connectivity index is -0.000000104. The molecular weight excluding hydrogens is 553 g/mol. The van der Waals surface area contributed by atoms with Crippen molar-refractivity contribution in [2.24, 2.45) is 35.5 Å². The van der Waals surface area contributed by atoms with Crippen molar-refractivity contribution in [3.63, 3.8) is 0 Å². The molecule has 4 fully saturated rings. The van der Waals surface area contributed by atoms with Gasteiger partial charge in [-0.05, 0) is 54.8 Å². The lowest BCUT2D eigenvalue weighted by Crippen LogP contribution is -1.92. The Morgan fingerprint density at radius 3 is 0.435 bits per heavy atom. The molecule has 6 unspecified atom stereocenters. The van der Waals surface area contributed by atoms with E-state index in [1.54, 1.807) is 0 Å². The highest BCUT2D eigenvalue weighted by molar-refractivity contribution is 4.74. The van der Waals surface area contributed by atoms with Gasteiger partial charge in [-0.2, -0.15) is 0 Å². The SMILES string of the molecule is C1CCCC1.CC.CC.CC.CC.CCC.CCC.CCC1CCC(CC)C1.CCC1CCC(CC)C1.CCC1CCC(CC)C1. The van der Waals surface area contributed by atoms with E-state index in [1.165, 1.54) is 141 Å². The second kappa shape index (κ2) is 54.5. The summed E-state index contributed by atoms with van der Waals surface area (Å²) in [7, 11) is 0. The average Bonchev–Trinajstić information content (AvgIpc) is 3.98. The summed E-state index contributed by atoms with van der Waals surface area (Å²) in [4.78, 5) is 0. The van der Waals surface area contributed by atoms with Crippen LogP contribution in [0.5, 0.6) is 0 Å². The minimum absolute atomic E-state index is 1.08. The highest BCUT2D eigenvalue weighted by Gasteiger charge is 2.22. The zero-order valence-electron chi connectivity index (χ0n) is 37.0. The highest BCUT2D eigenvalue weighted by Crippen LogP contribution is 2.35. The van der Waals surface area contributed by atoms with E-state index >= 15 is 0 Å². The van der Waals surface area contributed by atoms with E-state index in [2.05, 4.69) is 69.2 Å². The first-order chi connectivity index (χ1) is 22.4. The molecule has 4 aliphatic rings. The molecule has 0 spiro atoms. The molecule has 0 amide bonds. The molecule has 0 aromatic rings. The Morgan fingerprint density at radius 2 is 0.370 bits per heavy atom. The van der Waals surface area contributed by atoms with Crippen LogP contribution in [0.3, 0.4) is 0 Å². The van der Waals surface area contributed by atoms with Crippen LogP contribution >= 0.6 is 0 Å². The van der Waals surface area contributed by atoms with Crippen molar-refractivity contribution in [2.75, 3.05) is 0 Å². The van der Waals surface area contributed by atoms with Gasteiger partial charge < -0.3 is 0 Å². The predicted molar refractivity (Wildman–Crippen MR) is 225 cm³/mol. The van der Waals surface area contributed by atoms with Crippen LogP contribution in [-0.2, 0) is 0 Å². The minimum Gasteiger partial charge on any atom is -0.0683 e. The summed E-state index contributed by atoms with van der Waals surface area (Å²) in [6.07, 6.45) is 32.1. The van der Waals surface area contributed by atoms with Crippen molar-refractivity contribution in [2.45, 2.75) is 266 Å². The van der Waals surface area contributed by atoms with Gasteiger partial charge in [0, 0.05) is 0 Å². The molecule has 0 aromatic carbocycles. The van der Waals surface area contributed by atoms with E-state index in [0.29, 0.717) is 0 Å². The second-order valence-corrected chi connectivity index (χ2v) is 13.3. The standard InChI is InChI=1S/3C9H18.C5H10.2C3H8.4C2H6/c3*1-3-8-5-6-9(4-2)7-8;1-2-4-5-3-1;2*1-3-2;4*1-2/h3*8-9H,3-7H2,1-2H3;1-5H2;2*3H2,1-2H3;4*1-2H3. The maximum absolute atomic E-state index is 2.32. The van der Waals surface area contributed by atoms with Crippen molar-refractivity contribution in [1.82, 2.24) is 0 Å². The van der Waals surface area contributed by atoms with E-state index in [-0.39, 0.29) is 0 Å². The first-order valence-electron chi connectivity index (χ1n) is 22.4. The molecule has 0 N–H and O–H groups in total. The van der Waals surface area contributed by atoms with Gasteiger partial charge in [-0.25, -0.2) is 0 Å². The molecule has 0 radical (unpaired) electrons. The predicted octanol–water partition coefficient (Wildman–Crippen LogP) is 18.6. The molecule has 0 saturated heterocycles. The first-order valence-corrected chi connectivity index (χ1v) is 22.4. The Bertz CT molecular complexity index is 330. The summed E-state index contributed by atoms with van der Waals surface area (Å²) in [5.74, 6) is 6.47. The normalized spacial score (nSPS) is 24.7. The van der Waals surface area contributed by atoms with Gasteiger partial charge in [0.2, 0.25) is 0 Å². The lowest BCUT2D eigenvalue weighted by Gasteiger charge is -2.05. The third kappa shape index (κ3) is 42.0. The second-order valence-electron chi connectivity index (χ2n) is 13.3. The van der Waals surface area contributed by atoms with Crippen LogP contribution in [-0.4, -0.2) is 0 Å². The molecule has 46 heavy (non-hydrogen) atoms. The molecule has 0 bridgehead atoms. The summed E-state index contributed by atoms with van der Waals surface area (Å²) in [5, 5.41) is 0. The molecule has 0 nitrogen and oxygen atoms in total. The molecule has 4 saturated carbocycles. The van der Waals surface area contributed by atoms with Gasteiger partial charge in [-0.1, -0.05) is 247 Å². The van der Waals surface area contributed by atoms with E-state index < -0.39 is 0 Å². The molecule has 6 atom stereocenters. The van der Waals surface area contributed by atoms with Crippen LogP contribution in [0.15, 0.2) is 0 Å². The van der Waals surface area contributed by atoms with Gasteiger partial charge in [0.15, 0.2) is 0 Å². The van der Waals surface area contributed by atoms with Crippen molar-refractivity contribution in [3.8, 4) is 0 Å². The lowest BCUT2D eigenvalue weighted by atomic mass is 10.0. The third-order valence-corrected chi connectivity index (χ3v) is 9.66. The minimum atomic E-state index is 1.08. The molecular formula is C46H104. The van der Waals surface area contributed by atoms with E-state index in [4.69, 9.17) is 0 Å². The zero-order valence-corrected chi connectivity index (χ0v) is 37.0. The van der Waals surface area contributed by atoms with Crippen LogP contribution in [0.1, 0.15) is 266 Å². The fourth-order valence-corrected chi connectivity index (χ4v) is 6.64. The van der Waals surface area contributed by atoms with Crippen LogP contribution in [0.25, 0.3) is 0 Å². The van der Waals surface area contributed by atoms with Gasteiger partial charge in [-0.3, -0.25) is 0 Å². The zero-order chi connectivity index (χ0) is 37.0. The van der Waals surface area contributed by atoms with Crippen LogP contribution < -0.4 is 0 Å². The quantitative estimate of drug-likeness (QED) is 0.267. The lowest BCUT2D eigenvalue weighted by molar-refractivity contribution is 0.471. The summed E-state index contributed by atoms with van der Waals surface area (Å²) in [6.45, 7) is 38.4. The smallest absolute Gasteiger partial charge is 0.0414 e. The molecule has 4 rings (SSSR count). The third-order valence-electron chi connectivity index (χ3n) is 9.66. The Labute approximate surface area is 300 Å². The van der Waals surface area contributed by atoms with Crippen molar-refractivity contribution >= 4 is 0 Å². The van der Waals surface area contributed by atoms with Crippen molar-refractivity contribution in [1.29, 1.82) is 0 Å².